The van der Waals surface area contributed by atoms with Gasteiger partial charge in [0, 0.05) is 19.0 Å². The number of hydrogen-bond acceptors (Lipinski definition) is 3. The maximum atomic E-state index is 4.56. The van der Waals surface area contributed by atoms with Crippen molar-refractivity contribution in [3.8, 4) is 0 Å². The summed E-state index contributed by atoms with van der Waals surface area (Å²) in [5.74, 6) is 4.76. The average Bonchev–Trinajstić information content (AvgIpc) is 3.01. The molecule has 4 nitrogen and oxygen atoms in total. The van der Waals surface area contributed by atoms with Gasteiger partial charge in [0.05, 0.1) is 6.04 Å². The molecule has 2 saturated carbocycles. The van der Waals surface area contributed by atoms with Crippen LogP contribution in [0.3, 0.4) is 0 Å². The molecule has 3 atom stereocenters. The van der Waals surface area contributed by atoms with Crippen molar-refractivity contribution in [2.75, 3.05) is 6.54 Å². The van der Waals surface area contributed by atoms with Crippen molar-refractivity contribution in [3.05, 3.63) is 11.6 Å². The first-order valence-corrected chi connectivity index (χ1v) is 7.51. The molecule has 4 rings (SSSR count). The molecule has 0 saturated heterocycles. The maximum Gasteiger partial charge on any atom is 0.150 e. The second-order valence-electron chi connectivity index (χ2n) is 6.35. The van der Waals surface area contributed by atoms with Gasteiger partial charge in [0.2, 0.25) is 0 Å². The van der Waals surface area contributed by atoms with Gasteiger partial charge >= 0.3 is 0 Å². The Hall–Kier alpha value is -0.900. The third-order valence-corrected chi connectivity index (χ3v) is 5.07. The van der Waals surface area contributed by atoms with Gasteiger partial charge in [-0.1, -0.05) is 13.3 Å². The molecule has 3 unspecified atom stereocenters. The van der Waals surface area contributed by atoms with Crippen LogP contribution >= 0.6 is 0 Å². The van der Waals surface area contributed by atoms with Crippen LogP contribution < -0.4 is 5.32 Å². The Labute approximate surface area is 108 Å². The molecule has 4 heteroatoms. The van der Waals surface area contributed by atoms with E-state index in [2.05, 4.69) is 27.0 Å². The summed E-state index contributed by atoms with van der Waals surface area (Å²) in [5, 5.41) is 12.7. The van der Waals surface area contributed by atoms with Crippen LogP contribution in [0, 0.1) is 11.8 Å². The van der Waals surface area contributed by atoms with Crippen molar-refractivity contribution < 1.29 is 0 Å². The molecule has 0 aromatic carbocycles. The highest BCUT2D eigenvalue weighted by Crippen LogP contribution is 2.43. The van der Waals surface area contributed by atoms with Gasteiger partial charge in [-0.2, -0.15) is 0 Å². The highest BCUT2D eigenvalue weighted by atomic mass is 15.3. The SMILES string of the molecule is CC1CCCC1c1nnc2n1CCNC2C1CC1. The standard InChI is InChI=1S/C14H22N4/c1-9-3-2-4-11(9)13-16-17-14-12(10-5-6-10)15-7-8-18(13)14/h9-12,15H,2-8H2,1H3. The van der Waals surface area contributed by atoms with Crippen LogP contribution in [0.1, 0.15) is 62.6 Å². The van der Waals surface area contributed by atoms with Crippen LogP contribution in [0.2, 0.25) is 0 Å². The summed E-state index contributed by atoms with van der Waals surface area (Å²) in [5.41, 5.74) is 0. The van der Waals surface area contributed by atoms with Crippen LogP contribution in [0.15, 0.2) is 0 Å². The summed E-state index contributed by atoms with van der Waals surface area (Å²) in [6, 6.07) is 0.483. The molecule has 18 heavy (non-hydrogen) atoms. The summed E-state index contributed by atoms with van der Waals surface area (Å²) in [4.78, 5) is 0. The van der Waals surface area contributed by atoms with Crippen molar-refractivity contribution in [1.82, 2.24) is 20.1 Å². The molecule has 1 N–H and O–H groups in total. The molecule has 98 valence electrons. The van der Waals surface area contributed by atoms with E-state index in [-0.39, 0.29) is 0 Å². The minimum Gasteiger partial charge on any atom is -0.312 e. The lowest BCUT2D eigenvalue weighted by Crippen LogP contribution is -2.35. The Balaban J connectivity index is 1.69. The Kier molecular flexibility index (Phi) is 2.47. The van der Waals surface area contributed by atoms with Gasteiger partial charge in [0.1, 0.15) is 5.82 Å². The van der Waals surface area contributed by atoms with E-state index in [4.69, 9.17) is 0 Å². The summed E-state index contributed by atoms with van der Waals surface area (Å²) in [6.45, 7) is 4.52. The molecule has 1 aromatic heterocycles. The highest BCUT2D eigenvalue weighted by molar-refractivity contribution is 5.12. The predicted octanol–water partition coefficient (Wildman–Crippen LogP) is 2.24. The Morgan fingerprint density at radius 2 is 1.94 bits per heavy atom. The maximum absolute atomic E-state index is 4.56. The lowest BCUT2D eigenvalue weighted by Gasteiger charge is -2.26. The lowest BCUT2D eigenvalue weighted by atomic mass is 9.97. The zero-order chi connectivity index (χ0) is 12.1. The third kappa shape index (κ3) is 1.62. The van der Waals surface area contributed by atoms with Crippen molar-refractivity contribution >= 4 is 0 Å². The van der Waals surface area contributed by atoms with Gasteiger partial charge in [0.25, 0.3) is 0 Å². The van der Waals surface area contributed by atoms with Crippen molar-refractivity contribution in [3.63, 3.8) is 0 Å². The van der Waals surface area contributed by atoms with Crippen LogP contribution in [-0.4, -0.2) is 21.3 Å². The summed E-state index contributed by atoms with van der Waals surface area (Å²) in [7, 11) is 0. The van der Waals surface area contributed by atoms with E-state index in [9.17, 15) is 0 Å². The van der Waals surface area contributed by atoms with E-state index in [1.807, 2.05) is 0 Å². The van der Waals surface area contributed by atoms with E-state index in [0.29, 0.717) is 12.0 Å². The number of aromatic nitrogens is 3. The van der Waals surface area contributed by atoms with E-state index < -0.39 is 0 Å². The van der Waals surface area contributed by atoms with E-state index in [0.717, 1.165) is 24.9 Å². The first kappa shape index (κ1) is 11.0. The highest BCUT2D eigenvalue weighted by Gasteiger charge is 2.39. The molecule has 2 fully saturated rings. The molecule has 1 aromatic rings. The van der Waals surface area contributed by atoms with Gasteiger partial charge in [-0.25, -0.2) is 0 Å². The van der Waals surface area contributed by atoms with Crippen LogP contribution in [0.5, 0.6) is 0 Å². The lowest BCUT2D eigenvalue weighted by molar-refractivity contribution is 0.367. The fraction of sp³-hybridized carbons (Fsp3) is 0.857. The molecule has 0 bridgehead atoms. The van der Waals surface area contributed by atoms with E-state index in [1.165, 1.54) is 43.8 Å². The largest absolute Gasteiger partial charge is 0.312 e. The van der Waals surface area contributed by atoms with Gasteiger partial charge in [-0.3, -0.25) is 0 Å². The molecule has 2 aliphatic carbocycles. The second kappa shape index (κ2) is 4.05. The van der Waals surface area contributed by atoms with Crippen LogP contribution in [0.4, 0.5) is 0 Å². The summed E-state index contributed by atoms with van der Waals surface area (Å²) in [6.07, 6.45) is 6.75. The normalized spacial score (nSPS) is 35.7. The number of nitrogens with zero attached hydrogens (tertiary/aromatic N) is 3. The van der Waals surface area contributed by atoms with E-state index >= 15 is 0 Å². The minimum atomic E-state index is 0.483. The Morgan fingerprint density at radius 3 is 2.67 bits per heavy atom. The smallest absolute Gasteiger partial charge is 0.150 e. The first-order valence-electron chi connectivity index (χ1n) is 7.51. The molecule has 0 radical (unpaired) electrons. The van der Waals surface area contributed by atoms with E-state index in [1.54, 1.807) is 0 Å². The molecule has 0 amide bonds. The molecule has 0 spiro atoms. The number of fused-ring (bicyclic) bond motifs is 1. The van der Waals surface area contributed by atoms with Crippen molar-refractivity contribution in [1.29, 1.82) is 0 Å². The van der Waals surface area contributed by atoms with Crippen molar-refractivity contribution in [2.45, 2.75) is 57.5 Å². The molecule has 3 aliphatic rings. The number of nitrogens with one attached hydrogen (secondary N) is 1. The zero-order valence-corrected chi connectivity index (χ0v) is 11.1. The van der Waals surface area contributed by atoms with Gasteiger partial charge in [-0.05, 0) is 37.5 Å². The average molecular weight is 246 g/mol. The monoisotopic (exact) mass is 246 g/mol. The first-order chi connectivity index (χ1) is 8.84. The van der Waals surface area contributed by atoms with Gasteiger partial charge < -0.3 is 9.88 Å². The zero-order valence-electron chi connectivity index (χ0n) is 11.1. The van der Waals surface area contributed by atoms with Crippen molar-refractivity contribution in [2.24, 2.45) is 11.8 Å². The summed E-state index contributed by atoms with van der Waals surface area (Å²) >= 11 is 0. The third-order valence-electron chi connectivity index (χ3n) is 5.07. The second-order valence-corrected chi connectivity index (χ2v) is 6.35. The fourth-order valence-corrected chi connectivity index (χ4v) is 3.82. The number of rotatable bonds is 2. The van der Waals surface area contributed by atoms with Gasteiger partial charge in [-0.15, -0.1) is 10.2 Å². The quantitative estimate of drug-likeness (QED) is 0.870. The fourth-order valence-electron chi connectivity index (χ4n) is 3.82. The van der Waals surface area contributed by atoms with Crippen LogP contribution in [0.25, 0.3) is 0 Å². The Bertz CT molecular complexity index is 449. The molecular weight excluding hydrogens is 224 g/mol. The topological polar surface area (TPSA) is 42.7 Å². The van der Waals surface area contributed by atoms with Crippen LogP contribution in [-0.2, 0) is 6.54 Å². The molecular formula is C14H22N4. The molecule has 1 aliphatic heterocycles. The van der Waals surface area contributed by atoms with Gasteiger partial charge in [0.15, 0.2) is 5.82 Å². The Morgan fingerprint density at radius 1 is 1.11 bits per heavy atom. The predicted molar refractivity (Wildman–Crippen MR) is 69.2 cm³/mol. The molecule has 2 heterocycles. The minimum absolute atomic E-state index is 0.483. The number of hydrogen-bond donors (Lipinski definition) is 1. The summed E-state index contributed by atoms with van der Waals surface area (Å²) < 4.78 is 2.44.